The van der Waals surface area contributed by atoms with Gasteiger partial charge in [0.05, 0.1) is 17.7 Å². The van der Waals surface area contributed by atoms with Crippen molar-refractivity contribution in [3.05, 3.63) is 59.7 Å². The number of nitrogens with zero attached hydrogens (tertiary/aromatic N) is 1. The van der Waals surface area contributed by atoms with Crippen molar-refractivity contribution in [3.63, 3.8) is 0 Å². The highest BCUT2D eigenvalue weighted by Crippen LogP contribution is 2.24. The van der Waals surface area contributed by atoms with Crippen molar-refractivity contribution in [1.29, 1.82) is 5.26 Å². The van der Waals surface area contributed by atoms with E-state index >= 15 is 0 Å². The van der Waals surface area contributed by atoms with Gasteiger partial charge in [-0.15, -0.1) is 0 Å². The Bertz CT molecular complexity index is 584. The van der Waals surface area contributed by atoms with Gasteiger partial charge in [-0.3, -0.25) is 0 Å². The van der Waals surface area contributed by atoms with E-state index in [1.165, 1.54) is 0 Å². The zero-order valence-electron chi connectivity index (χ0n) is 10.7. The molecule has 2 aromatic carbocycles. The highest BCUT2D eigenvalue weighted by atomic mass is 16.5. The summed E-state index contributed by atoms with van der Waals surface area (Å²) in [5.41, 5.74) is 1.44. The van der Waals surface area contributed by atoms with Crippen LogP contribution in [-0.2, 0) is 0 Å². The van der Waals surface area contributed by atoms with E-state index in [1.54, 1.807) is 24.3 Å². The lowest BCUT2D eigenvalue weighted by Gasteiger charge is -2.10. The summed E-state index contributed by atoms with van der Waals surface area (Å²) in [5.74, 6) is 1.31. The van der Waals surface area contributed by atoms with Crippen molar-refractivity contribution in [2.75, 3.05) is 0 Å². The number of hydrogen-bond acceptors (Lipinski definition) is 3. The predicted octanol–water partition coefficient (Wildman–Crippen LogP) is 3.79. The maximum atomic E-state index is 9.70. The number of benzene rings is 2. The molecule has 0 amide bonds. The highest BCUT2D eigenvalue weighted by molar-refractivity contribution is 5.39. The van der Waals surface area contributed by atoms with Crippen molar-refractivity contribution in [3.8, 4) is 17.6 Å². The largest absolute Gasteiger partial charge is 0.457 e. The summed E-state index contributed by atoms with van der Waals surface area (Å²) >= 11 is 0. The molecular weight excluding hydrogens is 238 g/mol. The lowest BCUT2D eigenvalue weighted by atomic mass is 10.1. The zero-order valence-corrected chi connectivity index (χ0v) is 10.7. The van der Waals surface area contributed by atoms with Crippen LogP contribution in [0.5, 0.6) is 11.5 Å². The van der Waals surface area contributed by atoms with Crippen LogP contribution in [0, 0.1) is 11.3 Å². The topological polar surface area (TPSA) is 53.2 Å². The predicted molar refractivity (Wildman–Crippen MR) is 72.9 cm³/mol. The summed E-state index contributed by atoms with van der Waals surface area (Å²) in [6.07, 6.45) is 0.251. The fourth-order valence-corrected chi connectivity index (χ4v) is 1.76. The summed E-state index contributed by atoms with van der Waals surface area (Å²) in [5, 5.41) is 18.5. The molecule has 3 heteroatoms. The summed E-state index contributed by atoms with van der Waals surface area (Å²) in [6, 6.07) is 16.4. The minimum Gasteiger partial charge on any atom is -0.457 e. The van der Waals surface area contributed by atoms with Crippen LogP contribution in [0.15, 0.2) is 48.5 Å². The molecule has 96 valence electrons. The Balaban J connectivity index is 2.13. The standard InChI is InChI=1S/C16H15NO2/c1-2-16(18)13-6-8-14(9-7-13)19-15-5-3-4-12(10-15)11-17/h3-10,16,18H,2H2,1H3/t16-/m1/s1. The lowest BCUT2D eigenvalue weighted by molar-refractivity contribution is 0.173. The Morgan fingerprint density at radius 1 is 1.16 bits per heavy atom. The van der Waals surface area contributed by atoms with E-state index in [-0.39, 0.29) is 0 Å². The Kier molecular flexibility index (Phi) is 4.17. The first kappa shape index (κ1) is 13.1. The van der Waals surface area contributed by atoms with Gasteiger partial charge in [-0.2, -0.15) is 5.26 Å². The molecule has 0 unspecified atom stereocenters. The van der Waals surface area contributed by atoms with E-state index in [2.05, 4.69) is 6.07 Å². The second-order valence-electron chi connectivity index (χ2n) is 4.23. The second-order valence-corrected chi connectivity index (χ2v) is 4.23. The highest BCUT2D eigenvalue weighted by Gasteiger charge is 2.05. The van der Waals surface area contributed by atoms with Gasteiger partial charge in [0, 0.05) is 0 Å². The maximum Gasteiger partial charge on any atom is 0.128 e. The number of hydrogen-bond donors (Lipinski definition) is 1. The SMILES string of the molecule is CC[C@@H](O)c1ccc(Oc2cccc(C#N)c2)cc1. The smallest absolute Gasteiger partial charge is 0.128 e. The molecule has 0 heterocycles. The van der Waals surface area contributed by atoms with Crippen molar-refractivity contribution >= 4 is 0 Å². The van der Waals surface area contributed by atoms with E-state index < -0.39 is 6.10 Å². The van der Waals surface area contributed by atoms with Crippen molar-refractivity contribution in [2.45, 2.75) is 19.4 Å². The molecule has 0 bridgehead atoms. The molecule has 19 heavy (non-hydrogen) atoms. The first-order chi connectivity index (χ1) is 9.22. The van der Waals surface area contributed by atoms with Crippen LogP contribution in [0.1, 0.15) is 30.6 Å². The third-order valence-corrected chi connectivity index (χ3v) is 2.85. The van der Waals surface area contributed by atoms with Crippen molar-refractivity contribution in [1.82, 2.24) is 0 Å². The average molecular weight is 253 g/mol. The molecule has 0 fully saturated rings. The van der Waals surface area contributed by atoms with Gasteiger partial charge in [0.15, 0.2) is 0 Å². The molecule has 1 atom stereocenters. The van der Waals surface area contributed by atoms with Gasteiger partial charge in [0.2, 0.25) is 0 Å². The number of rotatable bonds is 4. The third-order valence-electron chi connectivity index (χ3n) is 2.85. The summed E-state index contributed by atoms with van der Waals surface area (Å²) < 4.78 is 5.66. The number of nitriles is 1. The lowest BCUT2D eigenvalue weighted by Crippen LogP contribution is -1.94. The summed E-state index contributed by atoms with van der Waals surface area (Å²) in [4.78, 5) is 0. The van der Waals surface area contributed by atoms with E-state index in [9.17, 15) is 5.11 Å². The van der Waals surface area contributed by atoms with Crippen LogP contribution < -0.4 is 4.74 Å². The van der Waals surface area contributed by atoms with E-state index in [4.69, 9.17) is 10.00 Å². The molecule has 1 N–H and O–H groups in total. The minimum absolute atomic E-state index is 0.434. The Morgan fingerprint density at radius 2 is 1.89 bits per heavy atom. The quantitative estimate of drug-likeness (QED) is 0.901. The zero-order chi connectivity index (χ0) is 13.7. The van der Waals surface area contributed by atoms with Gasteiger partial charge in [-0.1, -0.05) is 25.1 Å². The Morgan fingerprint density at radius 3 is 2.53 bits per heavy atom. The van der Waals surface area contributed by atoms with Gasteiger partial charge in [-0.25, -0.2) is 0 Å². The molecular formula is C16H15NO2. The first-order valence-electron chi connectivity index (χ1n) is 6.19. The minimum atomic E-state index is -0.434. The van der Waals surface area contributed by atoms with Gasteiger partial charge in [0.1, 0.15) is 11.5 Å². The van der Waals surface area contributed by atoms with Gasteiger partial charge < -0.3 is 9.84 Å². The molecule has 0 saturated carbocycles. The van der Waals surface area contributed by atoms with Crippen molar-refractivity contribution in [2.24, 2.45) is 0 Å². The molecule has 0 aromatic heterocycles. The molecule has 3 nitrogen and oxygen atoms in total. The normalized spacial score (nSPS) is 11.6. The van der Waals surface area contributed by atoms with Crippen LogP contribution in [0.3, 0.4) is 0 Å². The van der Waals surface area contributed by atoms with Crippen molar-refractivity contribution < 1.29 is 9.84 Å². The molecule has 2 aromatic rings. The molecule has 0 aliphatic heterocycles. The van der Waals surface area contributed by atoms with Crippen LogP contribution in [0.2, 0.25) is 0 Å². The summed E-state index contributed by atoms with van der Waals surface area (Å²) in [6.45, 7) is 1.93. The van der Waals surface area contributed by atoms with E-state index in [0.29, 0.717) is 23.5 Å². The Hall–Kier alpha value is -2.31. The number of aliphatic hydroxyl groups is 1. The molecule has 0 spiro atoms. The third kappa shape index (κ3) is 3.34. The fraction of sp³-hybridized carbons (Fsp3) is 0.188. The molecule has 0 radical (unpaired) electrons. The van der Waals surface area contributed by atoms with E-state index in [1.807, 2.05) is 31.2 Å². The summed E-state index contributed by atoms with van der Waals surface area (Å²) in [7, 11) is 0. The fourth-order valence-electron chi connectivity index (χ4n) is 1.76. The van der Waals surface area contributed by atoms with E-state index in [0.717, 1.165) is 5.56 Å². The van der Waals surface area contributed by atoms with Crippen LogP contribution in [0.4, 0.5) is 0 Å². The molecule has 0 saturated heterocycles. The molecule has 0 aliphatic carbocycles. The number of aliphatic hydroxyl groups excluding tert-OH is 1. The average Bonchev–Trinajstić information content (AvgIpc) is 2.47. The molecule has 2 rings (SSSR count). The Labute approximate surface area is 112 Å². The van der Waals surface area contributed by atoms with Crippen LogP contribution >= 0.6 is 0 Å². The van der Waals surface area contributed by atoms with Gasteiger partial charge in [-0.05, 0) is 42.3 Å². The molecule has 0 aliphatic rings. The number of ether oxygens (including phenoxy) is 1. The monoisotopic (exact) mass is 253 g/mol. The van der Waals surface area contributed by atoms with Gasteiger partial charge in [0.25, 0.3) is 0 Å². The maximum absolute atomic E-state index is 9.70. The van der Waals surface area contributed by atoms with Crippen LogP contribution in [-0.4, -0.2) is 5.11 Å². The first-order valence-corrected chi connectivity index (χ1v) is 6.19. The van der Waals surface area contributed by atoms with Crippen LogP contribution in [0.25, 0.3) is 0 Å². The second kappa shape index (κ2) is 6.03. The van der Waals surface area contributed by atoms with Gasteiger partial charge >= 0.3 is 0 Å².